The first-order valence-corrected chi connectivity index (χ1v) is 8.05. The highest BCUT2D eigenvalue weighted by molar-refractivity contribution is 9.10. The molecule has 0 saturated heterocycles. The molecule has 0 saturated carbocycles. The van der Waals surface area contributed by atoms with E-state index in [0.29, 0.717) is 5.69 Å². The van der Waals surface area contributed by atoms with Gasteiger partial charge in [-0.2, -0.15) is 0 Å². The second-order valence-corrected chi connectivity index (χ2v) is 6.98. The van der Waals surface area contributed by atoms with Crippen LogP contribution >= 0.6 is 27.3 Å². The Kier molecular flexibility index (Phi) is 4.00. The molecule has 0 spiro atoms. The number of aromatic amines is 1. The zero-order chi connectivity index (χ0) is 13.2. The minimum Gasteiger partial charge on any atom is -0.315 e. The van der Waals surface area contributed by atoms with Gasteiger partial charge in [0, 0.05) is 15.5 Å². The molecule has 0 amide bonds. The fraction of sp³-hybridized carbons (Fsp3) is 0.100. The van der Waals surface area contributed by atoms with E-state index < -0.39 is 10.0 Å². The van der Waals surface area contributed by atoms with Gasteiger partial charge in [0.25, 0.3) is 0 Å². The maximum absolute atomic E-state index is 11.9. The van der Waals surface area contributed by atoms with E-state index in [0.717, 1.165) is 15.8 Å². The topological polar surface area (TPSA) is 79.0 Å². The molecule has 0 atom stereocenters. The molecular formula is C10H9BrN2O3S2. The molecule has 8 heteroatoms. The van der Waals surface area contributed by atoms with Crippen LogP contribution in [0.25, 0.3) is 0 Å². The summed E-state index contributed by atoms with van der Waals surface area (Å²) < 4.78 is 27.0. The lowest BCUT2D eigenvalue weighted by Gasteiger charge is -2.05. The molecule has 2 aromatic rings. The van der Waals surface area contributed by atoms with Crippen LogP contribution in [0.5, 0.6) is 0 Å². The molecule has 0 aliphatic carbocycles. The molecular weight excluding hydrogens is 340 g/mol. The fourth-order valence-electron chi connectivity index (χ4n) is 1.27. The van der Waals surface area contributed by atoms with Crippen LogP contribution in [0.1, 0.15) is 5.69 Å². The largest absolute Gasteiger partial charge is 0.315 e. The van der Waals surface area contributed by atoms with Crippen molar-refractivity contribution in [1.29, 1.82) is 0 Å². The van der Waals surface area contributed by atoms with E-state index in [-0.39, 0.29) is 16.3 Å². The summed E-state index contributed by atoms with van der Waals surface area (Å²) in [5, 5.41) is 1.59. The Morgan fingerprint density at radius 3 is 2.50 bits per heavy atom. The van der Waals surface area contributed by atoms with Gasteiger partial charge in [-0.25, -0.2) is 13.1 Å². The molecule has 0 fully saturated rings. The van der Waals surface area contributed by atoms with Crippen LogP contribution in [-0.2, 0) is 16.6 Å². The lowest BCUT2D eigenvalue weighted by molar-refractivity contribution is 0.580. The van der Waals surface area contributed by atoms with Crippen molar-refractivity contribution in [3.8, 4) is 0 Å². The zero-order valence-corrected chi connectivity index (χ0v) is 12.2. The summed E-state index contributed by atoms with van der Waals surface area (Å²) in [6.45, 7) is 0.0666. The van der Waals surface area contributed by atoms with Gasteiger partial charge >= 0.3 is 4.87 Å². The van der Waals surface area contributed by atoms with E-state index in [2.05, 4.69) is 25.6 Å². The van der Waals surface area contributed by atoms with Crippen molar-refractivity contribution < 1.29 is 8.42 Å². The van der Waals surface area contributed by atoms with Crippen LogP contribution in [0.15, 0.2) is 43.8 Å². The SMILES string of the molecule is O=c1[nH]c(CNS(=O)(=O)c2ccc(Br)cc2)cs1. The summed E-state index contributed by atoms with van der Waals surface area (Å²) in [4.78, 5) is 13.4. The second kappa shape index (κ2) is 5.35. The molecule has 96 valence electrons. The van der Waals surface area contributed by atoms with Crippen LogP contribution in [0.2, 0.25) is 0 Å². The smallest absolute Gasteiger partial charge is 0.304 e. The molecule has 0 radical (unpaired) electrons. The van der Waals surface area contributed by atoms with Crippen LogP contribution in [0, 0.1) is 0 Å². The Morgan fingerprint density at radius 2 is 1.94 bits per heavy atom. The summed E-state index contributed by atoms with van der Waals surface area (Å²) in [5.41, 5.74) is 0.547. The van der Waals surface area contributed by atoms with Crippen molar-refractivity contribution in [2.75, 3.05) is 0 Å². The summed E-state index contributed by atoms with van der Waals surface area (Å²) in [6.07, 6.45) is 0. The summed E-state index contributed by atoms with van der Waals surface area (Å²) in [6, 6.07) is 6.31. The number of H-pyrrole nitrogens is 1. The predicted molar refractivity (Wildman–Crippen MR) is 73.1 cm³/mol. The molecule has 18 heavy (non-hydrogen) atoms. The maximum Gasteiger partial charge on any atom is 0.304 e. The van der Waals surface area contributed by atoms with E-state index in [1.807, 2.05) is 0 Å². The number of thiazole rings is 1. The maximum atomic E-state index is 11.9. The third-order valence-corrected chi connectivity index (χ3v) is 4.81. The molecule has 0 aliphatic rings. The zero-order valence-electron chi connectivity index (χ0n) is 9.01. The summed E-state index contributed by atoms with van der Waals surface area (Å²) in [5.74, 6) is 0. The van der Waals surface area contributed by atoms with E-state index in [1.165, 1.54) is 12.1 Å². The summed E-state index contributed by atoms with van der Waals surface area (Å²) in [7, 11) is -3.55. The Morgan fingerprint density at radius 1 is 1.28 bits per heavy atom. The number of halogens is 1. The molecule has 0 bridgehead atoms. The Bertz CT molecular complexity index is 688. The Balaban J connectivity index is 2.12. The van der Waals surface area contributed by atoms with Gasteiger partial charge in [0.1, 0.15) is 0 Å². The number of nitrogens with one attached hydrogen (secondary N) is 2. The minimum absolute atomic E-state index is 0.0666. The molecule has 1 heterocycles. The van der Waals surface area contributed by atoms with Gasteiger partial charge in [-0.05, 0) is 24.3 Å². The van der Waals surface area contributed by atoms with Crippen molar-refractivity contribution in [3.63, 3.8) is 0 Å². The monoisotopic (exact) mass is 348 g/mol. The van der Waals surface area contributed by atoms with Crippen LogP contribution in [-0.4, -0.2) is 13.4 Å². The number of hydrogen-bond acceptors (Lipinski definition) is 4. The van der Waals surface area contributed by atoms with E-state index >= 15 is 0 Å². The number of aromatic nitrogens is 1. The fourth-order valence-corrected chi connectivity index (χ4v) is 3.12. The molecule has 0 unspecified atom stereocenters. The average Bonchev–Trinajstić information content (AvgIpc) is 2.73. The van der Waals surface area contributed by atoms with E-state index in [9.17, 15) is 13.2 Å². The first-order valence-electron chi connectivity index (χ1n) is 4.89. The highest BCUT2D eigenvalue weighted by Gasteiger charge is 2.13. The lowest BCUT2D eigenvalue weighted by Crippen LogP contribution is -2.23. The molecule has 2 rings (SSSR count). The predicted octanol–water partition coefficient (Wildman–Crippen LogP) is 1.68. The minimum atomic E-state index is -3.55. The number of hydrogen-bond donors (Lipinski definition) is 2. The third kappa shape index (κ3) is 3.29. The first kappa shape index (κ1) is 13.5. The molecule has 2 N–H and O–H groups in total. The van der Waals surface area contributed by atoms with Crippen molar-refractivity contribution in [2.45, 2.75) is 11.4 Å². The Hall–Kier alpha value is -0.960. The van der Waals surface area contributed by atoms with Gasteiger partial charge in [-0.15, -0.1) is 0 Å². The van der Waals surface area contributed by atoms with Gasteiger partial charge in [-0.1, -0.05) is 27.3 Å². The lowest BCUT2D eigenvalue weighted by atomic mass is 10.4. The molecule has 0 aliphatic heterocycles. The highest BCUT2D eigenvalue weighted by Crippen LogP contribution is 2.14. The van der Waals surface area contributed by atoms with Crippen LogP contribution in [0.4, 0.5) is 0 Å². The normalized spacial score (nSPS) is 11.6. The van der Waals surface area contributed by atoms with Crippen LogP contribution < -0.4 is 9.60 Å². The van der Waals surface area contributed by atoms with Gasteiger partial charge in [0.05, 0.1) is 11.4 Å². The second-order valence-electron chi connectivity index (χ2n) is 3.45. The quantitative estimate of drug-likeness (QED) is 0.882. The highest BCUT2D eigenvalue weighted by atomic mass is 79.9. The van der Waals surface area contributed by atoms with E-state index in [4.69, 9.17) is 0 Å². The van der Waals surface area contributed by atoms with Crippen LogP contribution in [0.3, 0.4) is 0 Å². The van der Waals surface area contributed by atoms with Gasteiger partial charge < -0.3 is 4.98 Å². The third-order valence-electron chi connectivity index (χ3n) is 2.15. The van der Waals surface area contributed by atoms with E-state index in [1.54, 1.807) is 17.5 Å². The average molecular weight is 349 g/mol. The van der Waals surface area contributed by atoms with Gasteiger partial charge in [0.2, 0.25) is 10.0 Å². The van der Waals surface area contributed by atoms with Crippen molar-refractivity contribution >= 4 is 37.3 Å². The van der Waals surface area contributed by atoms with Crippen molar-refractivity contribution in [1.82, 2.24) is 9.71 Å². The Labute approximate surface area is 116 Å². The molecule has 5 nitrogen and oxygen atoms in total. The van der Waals surface area contributed by atoms with Gasteiger partial charge in [-0.3, -0.25) is 4.79 Å². The molecule has 1 aromatic carbocycles. The number of benzene rings is 1. The summed E-state index contributed by atoms with van der Waals surface area (Å²) >= 11 is 4.24. The first-order chi connectivity index (χ1) is 8.47. The number of rotatable bonds is 4. The van der Waals surface area contributed by atoms with Crippen molar-refractivity contribution in [2.24, 2.45) is 0 Å². The van der Waals surface area contributed by atoms with Crippen molar-refractivity contribution in [3.05, 3.63) is 49.5 Å². The van der Waals surface area contributed by atoms with Gasteiger partial charge in [0.15, 0.2) is 0 Å². The number of sulfonamides is 1. The standard InChI is InChI=1S/C10H9BrN2O3S2/c11-7-1-3-9(4-2-7)18(15,16)12-5-8-6-17-10(14)13-8/h1-4,6,12H,5H2,(H,13,14). The molecule has 1 aromatic heterocycles.